The summed E-state index contributed by atoms with van der Waals surface area (Å²) in [6.45, 7) is 14.7. The summed E-state index contributed by atoms with van der Waals surface area (Å²) in [5, 5.41) is 20.8. The largest absolute Gasteiger partial charge is 0.393 e. The van der Waals surface area contributed by atoms with Gasteiger partial charge in [0.25, 0.3) is 0 Å². The molecule has 0 radical (unpaired) electrons. The van der Waals surface area contributed by atoms with Crippen LogP contribution in [0.2, 0.25) is 0 Å². The van der Waals surface area contributed by atoms with Crippen molar-refractivity contribution in [3.8, 4) is 0 Å². The van der Waals surface area contributed by atoms with Gasteiger partial charge in [-0.3, -0.25) is 0 Å². The number of aliphatic hydroxyl groups excluding tert-OH is 1. The Kier molecular flexibility index (Phi) is 4.68. The van der Waals surface area contributed by atoms with Crippen molar-refractivity contribution in [3.05, 3.63) is 24.3 Å². The van der Waals surface area contributed by atoms with Crippen LogP contribution in [0.4, 0.5) is 0 Å². The van der Waals surface area contributed by atoms with Crippen molar-refractivity contribution < 1.29 is 10.2 Å². The Bertz CT molecular complexity index is 460. The number of aliphatic hydroxyl groups is 2. The minimum Gasteiger partial charge on any atom is -0.393 e. The van der Waals surface area contributed by atoms with Crippen molar-refractivity contribution in [2.45, 2.75) is 78.4 Å². The molecule has 0 aromatic carbocycles. The van der Waals surface area contributed by atoms with Gasteiger partial charge in [-0.15, -0.1) is 6.58 Å². The van der Waals surface area contributed by atoms with Crippen LogP contribution in [0.1, 0.15) is 66.7 Å². The molecule has 22 heavy (non-hydrogen) atoms. The number of hydrogen-bond donors (Lipinski definition) is 2. The second-order valence-electron chi connectivity index (χ2n) is 8.77. The Hall–Kier alpha value is -0.600. The SMILES string of the molecule is C=CC(C)(O)CCC1C(C)=CCC2C(C)(C)C(O)CCC12C. The van der Waals surface area contributed by atoms with E-state index in [0.29, 0.717) is 11.8 Å². The summed E-state index contributed by atoms with van der Waals surface area (Å²) in [7, 11) is 0. The first-order valence-electron chi connectivity index (χ1n) is 8.75. The van der Waals surface area contributed by atoms with Crippen molar-refractivity contribution in [2.24, 2.45) is 22.7 Å². The van der Waals surface area contributed by atoms with Crippen LogP contribution in [-0.2, 0) is 0 Å². The average molecular weight is 306 g/mol. The van der Waals surface area contributed by atoms with Gasteiger partial charge in [0.15, 0.2) is 0 Å². The summed E-state index contributed by atoms with van der Waals surface area (Å²) in [6, 6.07) is 0. The molecule has 0 aliphatic heterocycles. The van der Waals surface area contributed by atoms with Crippen LogP contribution in [0.5, 0.6) is 0 Å². The van der Waals surface area contributed by atoms with Crippen LogP contribution in [0.15, 0.2) is 24.3 Å². The monoisotopic (exact) mass is 306 g/mol. The van der Waals surface area contributed by atoms with E-state index in [0.717, 1.165) is 32.1 Å². The van der Waals surface area contributed by atoms with Gasteiger partial charge in [0.2, 0.25) is 0 Å². The maximum atomic E-state index is 10.5. The molecule has 0 aromatic heterocycles. The van der Waals surface area contributed by atoms with E-state index >= 15 is 0 Å². The highest BCUT2D eigenvalue weighted by molar-refractivity contribution is 5.19. The predicted octanol–water partition coefficient (Wildman–Crippen LogP) is 4.47. The van der Waals surface area contributed by atoms with Gasteiger partial charge in [-0.05, 0) is 68.6 Å². The maximum Gasteiger partial charge on any atom is 0.0797 e. The Labute approximate surface area is 136 Å². The minimum absolute atomic E-state index is 0.0383. The predicted molar refractivity (Wildman–Crippen MR) is 92.5 cm³/mol. The third-order valence-electron chi connectivity index (χ3n) is 6.91. The summed E-state index contributed by atoms with van der Waals surface area (Å²) >= 11 is 0. The molecule has 0 saturated heterocycles. The summed E-state index contributed by atoms with van der Waals surface area (Å²) < 4.78 is 0. The highest BCUT2D eigenvalue weighted by Gasteiger charge is 2.54. The Morgan fingerprint density at radius 1 is 1.41 bits per heavy atom. The Balaban J connectivity index is 2.28. The van der Waals surface area contributed by atoms with Crippen molar-refractivity contribution in [3.63, 3.8) is 0 Å². The van der Waals surface area contributed by atoms with Crippen LogP contribution in [0.25, 0.3) is 0 Å². The first-order chi connectivity index (χ1) is 10.0. The van der Waals surface area contributed by atoms with Crippen LogP contribution in [0.3, 0.4) is 0 Å². The van der Waals surface area contributed by atoms with Crippen molar-refractivity contribution in [1.82, 2.24) is 0 Å². The molecule has 2 N–H and O–H groups in total. The molecule has 0 heterocycles. The first kappa shape index (κ1) is 17.7. The molecule has 2 aliphatic rings. The topological polar surface area (TPSA) is 40.5 Å². The molecule has 0 bridgehead atoms. The number of fused-ring (bicyclic) bond motifs is 1. The molecule has 2 nitrogen and oxygen atoms in total. The quantitative estimate of drug-likeness (QED) is 0.752. The molecule has 2 heteroatoms. The van der Waals surface area contributed by atoms with Gasteiger partial charge in [-0.2, -0.15) is 0 Å². The zero-order valence-corrected chi connectivity index (χ0v) is 15.0. The zero-order chi connectivity index (χ0) is 16.8. The normalized spacial score (nSPS) is 40.3. The van der Waals surface area contributed by atoms with Gasteiger partial charge >= 0.3 is 0 Å². The minimum atomic E-state index is -0.784. The van der Waals surface area contributed by atoms with Gasteiger partial charge < -0.3 is 10.2 Å². The summed E-state index contributed by atoms with van der Waals surface area (Å²) in [6.07, 6.45) is 8.60. The van der Waals surface area contributed by atoms with E-state index in [-0.39, 0.29) is 16.9 Å². The molecule has 1 fully saturated rings. The number of allylic oxidation sites excluding steroid dienone is 2. The van der Waals surface area contributed by atoms with E-state index in [1.165, 1.54) is 5.57 Å². The fourth-order valence-corrected chi connectivity index (χ4v) is 5.13. The van der Waals surface area contributed by atoms with Crippen molar-refractivity contribution in [2.75, 3.05) is 0 Å². The molecular weight excluding hydrogens is 272 g/mol. The van der Waals surface area contributed by atoms with Crippen LogP contribution in [0, 0.1) is 22.7 Å². The third-order valence-corrected chi connectivity index (χ3v) is 6.91. The fraction of sp³-hybridized carbons (Fsp3) is 0.800. The van der Waals surface area contributed by atoms with E-state index in [9.17, 15) is 10.2 Å². The molecule has 5 atom stereocenters. The maximum absolute atomic E-state index is 10.5. The van der Waals surface area contributed by atoms with E-state index in [2.05, 4.69) is 40.3 Å². The zero-order valence-electron chi connectivity index (χ0n) is 15.0. The first-order valence-corrected chi connectivity index (χ1v) is 8.75. The van der Waals surface area contributed by atoms with E-state index in [4.69, 9.17) is 0 Å². The van der Waals surface area contributed by atoms with Gasteiger partial charge in [-0.1, -0.05) is 38.5 Å². The molecule has 5 unspecified atom stereocenters. The van der Waals surface area contributed by atoms with Gasteiger partial charge in [0.05, 0.1) is 11.7 Å². The summed E-state index contributed by atoms with van der Waals surface area (Å²) in [5.74, 6) is 0.996. The lowest BCUT2D eigenvalue weighted by atomic mass is 9.47. The Morgan fingerprint density at radius 3 is 2.64 bits per heavy atom. The number of hydrogen-bond acceptors (Lipinski definition) is 2. The Morgan fingerprint density at radius 2 is 2.05 bits per heavy atom. The molecule has 1 saturated carbocycles. The highest BCUT2D eigenvalue weighted by Crippen LogP contribution is 2.60. The lowest BCUT2D eigenvalue weighted by Gasteiger charge is -2.58. The summed E-state index contributed by atoms with van der Waals surface area (Å²) in [5.41, 5.74) is 0.862. The highest BCUT2D eigenvalue weighted by atomic mass is 16.3. The third kappa shape index (κ3) is 2.92. The van der Waals surface area contributed by atoms with Gasteiger partial charge in [0.1, 0.15) is 0 Å². The van der Waals surface area contributed by atoms with Crippen LogP contribution < -0.4 is 0 Å². The molecule has 2 aliphatic carbocycles. The smallest absolute Gasteiger partial charge is 0.0797 e. The molecular formula is C20H34O2. The van der Waals surface area contributed by atoms with Crippen LogP contribution >= 0.6 is 0 Å². The second-order valence-corrected chi connectivity index (χ2v) is 8.77. The molecule has 126 valence electrons. The van der Waals surface area contributed by atoms with E-state index in [1.807, 2.05) is 6.92 Å². The lowest BCUT2D eigenvalue weighted by Crippen LogP contribution is -2.54. The van der Waals surface area contributed by atoms with Crippen molar-refractivity contribution >= 4 is 0 Å². The molecule has 0 spiro atoms. The molecule has 2 rings (SSSR count). The number of rotatable bonds is 4. The molecule has 0 aromatic rings. The lowest BCUT2D eigenvalue weighted by molar-refractivity contribution is -0.117. The van der Waals surface area contributed by atoms with Crippen LogP contribution in [-0.4, -0.2) is 21.9 Å². The van der Waals surface area contributed by atoms with Gasteiger partial charge in [-0.25, -0.2) is 0 Å². The van der Waals surface area contributed by atoms with E-state index in [1.54, 1.807) is 6.08 Å². The van der Waals surface area contributed by atoms with Crippen molar-refractivity contribution in [1.29, 1.82) is 0 Å². The average Bonchev–Trinajstić information content (AvgIpc) is 2.42. The fourth-order valence-electron chi connectivity index (χ4n) is 5.13. The summed E-state index contributed by atoms with van der Waals surface area (Å²) in [4.78, 5) is 0. The van der Waals surface area contributed by atoms with E-state index < -0.39 is 5.60 Å². The standard InChI is InChI=1S/C20H34O2/c1-7-19(5,22)12-10-15-14(2)8-9-16-18(3,4)17(21)11-13-20(15,16)6/h7-8,15-17,21-22H,1,9-13H2,2-6H3. The second kappa shape index (κ2) is 5.79. The molecule has 0 amide bonds. The van der Waals surface area contributed by atoms with Gasteiger partial charge in [0, 0.05) is 0 Å².